The van der Waals surface area contributed by atoms with Crippen molar-refractivity contribution < 1.29 is 95.4 Å². The molecule has 44 heteroatoms. The zero-order valence-corrected chi connectivity index (χ0v) is 85.7. The SMILES string of the molecule is NCCCCC(N)C(=O)NCCCCC(NC(=O)C(N)CCCCN)C(=O)CCCOCCOCC(COCCOCCCC(=O)C(CCCCNC(=O)C(N)CCCCN)NC(=O)C(N)CCCCN)(COCCOCCCC(=O)C(CCCCNC(=O)C(N)CCCCN)NC(=O)C(N)CCCCN)COCCOCCCC(=O)C(CCCCNC(=O)C(N)CCCCN)NC(=O)C(N)CCCCN. The second kappa shape index (κ2) is 92.1. The van der Waals surface area contributed by atoms with Gasteiger partial charge in [-0.25, -0.2) is 0 Å². The van der Waals surface area contributed by atoms with Crippen LogP contribution >= 0.6 is 0 Å². The van der Waals surface area contributed by atoms with Crippen molar-refractivity contribution in [2.24, 2.45) is 97.2 Å². The molecule has 0 saturated heterocycles. The first-order valence-corrected chi connectivity index (χ1v) is 52.8. The molecule has 12 unspecified atom stereocenters. The van der Waals surface area contributed by atoms with Crippen LogP contribution in [-0.2, 0) is 95.4 Å². The van der Waals surface area contributed by atoms with E-state index in [1.54, 1.807) is 0 Å². The molecular weight excluding hydrogens is 1820 g/mol. The van der Waals surface area contributed by atoms with Crippen LogP contribution in [0.4, 0.5) is 0 Å². The van der Waals surface area contributed by atoms with Gasteiger partial charge in [-0.3, -0.25) is 57.5 Å². The number of nitrogens with two attached hydrogens (primary N) is 16. The maximum absolute atomic E-state index is 13.9. The van der Waals surface area contributed by atoms with Gasteiger partial charge in [-0.1, -0.05) is 51.4 Å². The zero-order chi connectivity index (χ0) is 105. The maximum Gasteiger partial charge on any atom is 0.237 e. The fourth-order valence-electron chi connectivity index (χ4n) is 15.1. The third-order valence-corrected chi connectivity index (χ3v) is 24.1. The third-order valence-electron chi connectivity index (χ3n) is 24.1. The van der Waals surface area contributed by atoms with E-state index in [4.69, 9.17) is 130 Å². The van der Waals surface area contributed by atoms with E-state index in [2.05, 4.69) is 42.5 Å². The fourth-order valence-corrected chi connectivity index (χ4v) is 15.1. The number of rotatable bonds is 104. The smallest absolute Gasteiger partial charge is 0.237 e. The molecule has 824 valence electrons. The molecule has 0 heterocycles. The Morgan fingerprint density at radius 2 is 0.340 bits per heavy atom. The molecule has 141 heavy (non-hydrogen) atoms. The molecule has 8 amide bonds. The van der Waals surface area contributed by atoms with E-state index in [0.717, 1.165) is 51.4 Å². The van der Waals surface area contributed by atoms with E-state index in [-0.39, 0.29) is 178 Å². The molecule has 0 spiro atoms. The molecule has 0 aliphatic heterocycles. The van der Waals surface area contributed by atoms with Gasteiger partial charge >= 0.3 is 0 Å². The minimum absolute atomic E-state index is 0.0109. The van der Waals surface area contributed by atoms with Crippen LogP contribution in [0.15, 0.2) is 0 Å². The Morgan fingerprint density at radius 3 is 0.511 bits per heavy atom. The van der Waals surface area contributed by atoms with Crippen LogP contribution in [0.1, 0.15) is 283 Å². The summed E-state index contributed by atoms with van der Waals surface area (Å²) < 4.78 is 49.8. The second-order valence-electron chi connectivity index (χ2n) is 37.0. The minimum Gasteiger partial charge on any atom is -0.379 e. The molecule has 0 aliphatic rings. The first kappa shape index (κ1) is 134. The highest BCUT2D eigenvalue weighted by Gasteiger charge is 2.34. The summed E-state index contributed by atoms with van der Waals surface area (Å²) >= 11 is 0. The molecule has 0 bridgehead atoms. The number of amides is 8. The number of nitrogens with one attached hydrogen (secondary N) is 8. The number of ether oxygens (including phenoxy) is 8. The molecule has 0 aliphatic carbocycles. The quantitative estimate of drug-likeness (QED) is 0.0300. The Bertz CT molecular complexity index is 2810. The molecular formula is C97H196N24O20. The van der Waals surface area contributed by atoms with Gasteiger partial charge in [0.1, 0.15) is 0 Å². The van der Waals surface area contributed by atoms with Crippen LogP contribution < -0.4 is 134 Å². The van der Waals surface area contributed by atoms with Crippen LogP contribution in [0.2, 0.25) is 0 Å². The summed E-state index contributed by atoms with van der Waals surface area (Å²) in [6.45, 7) is 6.40. The molecule has 0 radical (unpaired) electrons. The summed E-state index contributed by atoms with van der Waals surface area (Å²) in [6, 6.07) is -9.41. The van der Waals surface area contributed by atoms with Gasteiger partial charge in [0.05, 0.1) is 157 Å². The monoisotopic (exact) mass is 2020 g/mol. The molecule has 12 atom stereocenters. The number of carbonyl (C=O) groups is 12. The van der Waals surface area contributed by atoms with Crippen LogP contribution in [0, 0.1) is 5.41 Å². The van der Waals surface area contributed by atoms with Crippen LogP contribution in [0.3, 0.4) is 0 Å². The van der Waals surface area contributed by atoms with Gasteiger partial charge in [0.2, 0.25) is 47.3 Å². The largest absolute Gasteiger partial charge is 0.379 e. The normalized spacial score (nSPS) is 14.6. The summed E-state index contributed by atoms with van der Waals surface area (Å²) in [5.74, 6) is -3.71. The lowest BCUT2D eigenvalue weighted by Crippen LogP contribution is -2.48. The Hall–Kier alpha value is -6.52. The average molecular weight is 2020 g/mol. The van der Waals surface area contributed by atoms with Gasteiger partial charge < -0.3 is 172 Å². The molecule has 0 saturated carbocycles. The lowest BCUT2D eigenvalue weighted by atomic mass is 9.92. The van der Waals surface area contributed by atoms with Crippen molar-refractivity contribution in [3.63, 3.8) is 0 Å². The van der Waals surface area contributed by atoms with Gasteiger partial charge in [0.15, 0.2) is 23.1 Å². The predicted molar refractivity (Wildman–Crippen MR) is 548 cm³/mol. The van der Waals surface area contributed by atoms with Crippen molar-refractivity contribution in [3.8, 4) is 0 Å². The first-order valence-electron chi connectivity index (χ1n) is 52.8. The molecule has 40 N–H and O–H groups in total. The third kappa shape index (κ3) is 73.3. The summed E-state index contributed by atoms with van der Waals surface area (Å²) in [5.41, 5.74) is 93.7. The number of Topliss-reactive ketones (excluding diaryl/α,β-unsaturated/α-hetero) is 4. The lowest BCUT2D eigenvalue weighted by molar-refractivity contribution is -0.129. The maximum atomic E-state index is 13.9. The molecule has 0 aromatic rings. The second-order valence-corrected chi connectivity index (χ2v) is 37.0. The summed E-state index contributed by atoms with van der Waals surface area (Å²) in [7, 11) is 0. The lowest BCUT2D eigenvalue weighted by Gasteiger charge is -2.33. The van der Waals surface area contributed by atoms with E-state index in [9.17, 15) is 57.5 Å². The van der Waals surface area contributed by atoms with E-state index >= 15 is 0 Å². The highest BCUT2D eigenvalue weighted by molar-refractivity contribution is 5.93. The Kier molecular flexibility index (Phi) is 87.9. The van der Waals surface area contributed by atoms with Crippen LogP contribution in [0.25, 0.3) is 0 Å². The summed E-state index contributed by atoms with van der Waals surface area (Å²) in [6.07, 6.45) is 21.7. The van der Waals surface area contributed by atoms with Crippen LogP contribution in [0.5, 0.6) is 0 Å². The Morgan fingerprint density at radius 1 is 0.184 bits per heavy atom. The van der Waals surface area contributed by atoms with Crippen molar-refractivity contribution in [2.75, 3.05) is 184 Å². The van der Waals surface area contributed by atoms with E-state index in [1.165, 1.54) is 0 Å². The van der Waals surface area contributed by atoms with Crippen LogP contribution in [-0.4, -0.2) is 327 Å². The number of hydrogen-bond donors (Lipinski definition) is 24. The average Bonchev–Trinajstić information content (AvgIpc) is 0.861. The van der Waals surface area contributed by atoms with Gasteiger partial charge in [0.25, 0.3) is 0 Å². The van der Waals surface area contributed by atoms with Crippen molar-refractivity contribution in [1.29, 1.82) is 0 Å². The van der Waals surface area contributed by atoms with Gasteiger partial charge in [-0.15, -0.1) is 0 Å². The number of unbranched alkanes of at least 4 members (excludes halogenated alkanes) is 12. The fraction of sp³-hybridized carbons (Fsp3) is 0.876. The molecule has 44 nitrogen and oxygen atoms in total. The zero-order valence-electron chi connectivity index (χ0n) is 85.7. The van der Waals surface area contributed by atoms with Crippen molar-refractivity contribution >= 4 is 70.4 Å². The minimum atomic E-state index is -1.05. The van der Waals surface area contributed by atoms with Gasteiger partial charge in [0, 0.05) is 78.3 Å². The van der Waals surface area contributed by atoms with Crippen molar-refractivity contribution in [3.05, 3.63) is 0 Å². The molecule has 0 aromatic carbocycles. The number of ketones is 4. The molecule has 0 aromatic heterocycles. The molecule has 0 fully saturated rings. The van der Waals surface area contributed by atoms with Crippen molar-refractivity contribution in [2.45, 2.75) is 355 Å². The Labute approximate surface area is 840 Å². The Balaban J connectivity index is 7.14. The summed E-state index contributed by atoms with van der Waals surface area (Å²) in [4.78, 5) is 160. The van der Waals surface area contributed by atoms with E-state index in [0.29, 0.717) is 284 Å². The van der Waals surface area contributed by atoms with Gasteiger partial charge in [-0.2, -0.15) is 0 Å². The standard InChI is InChI=1S/C97H196N24O20/c98-45-13-1-29-73(106)89(126)114-53-21-9-37-81(118-93(130)77(110)33-5-17-49-102)85(122)41-25-57-134-61-65-138-69-97(70-139-66-62-135-58-26-42-86(123)82(119-94(131)78(111)34-6-18-50-103)38-10-22-54-115-90(127)74(107)30-2-14-46-99,71-140-67-63-136-59-27-43-87(124)83(120-95(132)79(112)35-7-19-51-104)39-11-23-55-116-91(128)75(108)31-3-15-47-100)72-141-68-64-137-60-28-44-88(125)84(121-96(133)80(113)36-8-20-52-105)40-12-24-56-117-92(129)76(109)32-4-16-48-101/h73-84H,1-72,98-113H2,(H,114,126)(H,115,127)(H,116,128)(H,117,129)(H,118,130)(H,119,131)(H,120,132)(H,121,133). The highest BCUT2D eigenvalue weighted by Crippen LogP contribution is 2.23. The van der Waals surface area contributed by atoms with E-state index < -0.39 is 102 Å². The first-order chi connectivity index (χ1) is 68.0. The predicted octanol–water partition coefficient (Wildman–Crippen LogP) is -1.76. The summed E-state index contributed by atoms with van der Waals surface area (Å²) in [5, 5.41) is 23.0. The molecule has 0 rings (SSSR count). The highest BCUT2D eigenvalue weighted by atomic mass is 16.6. The topological polar surface area (TPSA) is 791 Å². The number of hydrogen-bond acceptors (Lipinski definition) is 36. The number of carbonyl (C=O) groups excluding carboxylic acids is 12. The van der Waals surface area contributed by atoms with E-state index in [1.807, 2.05) is 0 Å². The van der Waals surface area contributed by atoms with Gasteiger partial charge in [-0.05, 0) is 258 Å². The van der Waals surface area contributed by atoms with Crippen molar-refractivity contribution in [1.82, 2.24) is 42.5 Å².